The summed E-state index contributed by atoms with van der Waals surface area (Å²) in [5, 5.41) is 10.6. The van der Waals surface area contributed by atoms with Crippen LogP contribution in [0, 0.1) is 0 Å². The van der Waals surface area contributed by atoms with Crippen LogP contribution in [0.25, 0.3) is 11.3 Å². The first kappa shape index (κ1) is 21.2. The second-order valence-corrected chi connectivity index (χ2v) is 8.49. The second kappa shape index (κ2) is 8.98. The number of benzene rings is 2. The number of rotatable bonds is 3. The Morgan fingerprint density at radius 2 is 1.47 bits per heavy atom. The van der Waals surface area contributed by atoms with Crippen LogP contribution in [0.15, 0.2) is 48.5 Å². The van der Waals surface area contributed by atoms with Crippen molar-refractivity contribution in [3.8, 4) is 11.3 Å². The molecule has 1 aliphatic rings. The van der Waals surface area contributed by atoms with Gasteiger partial charge in [-0.2, -0.15) is 0 Å². The van der Waals surface area contributed by atoms with Crippen LogP contribution >= 0.6 is 46.4 Å². The third-order valence-electron chi connectivity index (χ3n) is 4.91. The summed E-state index contributed by atoms with van der Waals surface area (Å²) < 4.78 is 0. The quantitative estimate of drug-likeness (QED) is 0.480. The number of aromatic nitrogens is 2. The van der Waals surface area contributed by atoms with E-state index in [0.717, 1.165) is 11.4 Å². The Morgan fingerprint density at radius 3 is 2.13 bits per heavy atom. The molecule has 0 unspecified atom stereocenters. The molecule has 0 spiro atoms. The lowest BCUT2D eigenvalue weighted by atomic mass is 10.1. The van der Waals surface area contributed by atoms with Gasteiger partial charge in [-0.1, -0.05) is 46.4 Å². The lowest BCUT2D eigenvalue weighted by molar-refractivity contribution is 0.0746. The molecule has 2 heterocycles. The van der Waals surface area contributed by atoms with Crippen molar-refractivity contribution in [1.82, 2.24) is 15.1 Å². The number of hydrogen-bond acceptors (Lipinski definition) is 4. The van der Waals surface area contributed by atoms with E-state index in [0.29, 0.717) is 57.5 Å². The Labute approximate surface area is 194 Å². The Kier molecular flexibility index (Phi) is 6.34. The summed E-state index contributed by atoms with van der Waals surface area (Å²) in [5.74, 6) is 0.623. The molecule has 0 N–H and O–H groups in total. The highest BCUT2D eigenvalue weighted by molar-refractivity contribution is 6.36. The average molecular weight is 482 g/mol. The van der Waals surface area contributed by atoms with E-state index in [9.17, 15) is 4.79 Å². The molecule has 2 aromatic carbocycles. The SMILES string of the molecule is O=C(c1cc(Cl)ccc1Cl)N1CCN(c2ccc(-c3ccc(Cl)cc3Cl)nn2)CC1. The molecular weight excluding hydrogens is 466 g/mol. The van der Waals surface area contributed by atoms with E-state index < -0.39 is 0 Å². The summed E-state index contributed by atoms with van der Waals surface area (Å²) in [7, 11) is 0. The summed E-state index contributed by atoms with van der Waals surface area (Å²) in [5.41, 5.74) is 1.86. The molecule has 1 aromatic heterocycles. The molecule has 1 aliphatic heterocycles. The number of carbonyl (C=O) groups excluding carboxylic acids is 1. The third-order valence-corrected chi connectivity index (χ3v) is 6.02. The lowest BCUT2D eigenvalue weighted by Crippen LogP contribution is -2.49. The molecule has 3 aromatic rings. The van der Waals surface area contributed by atoms with Crippen LogP contribution in [0.1, 0.15) is 10.4 Å². The van der Waals surface area contributed by atoms with Crippen molar-refractivity contribution in [2.24, 2.45) is 0 Å². The predicted octanol–water partition coefficient (Wildman–Crippen LogP) is 5.72. The van der Waals surface area contributed by atoms with Gasteiger partial charge in [0.1, 0.15) is 0 Å². The van der Waals surface area contributed by atoms with Gasteiger partial charge in [-0.25, -0.2) is 0 Å². The summed E-state index contributed by atoms with van der Waals surface area (Å²) in [6, 6.07) is 13.9. The molecule has 4 rings (SSSR count). The van der Waals surface area contributed by atoms with Crippen molar-refractivity contribution >= 4 is 58.1 Å². The van der Waals surface area contributed by atoms with E-state index in [2.05, 4.69) is 15.1 Å². The van der Waals surface area contributed by atoms with E-state index in [1.54, 1.807) is 35.2 Å². The fraction of sp³-hybridized carbons (Fsp3) is 0.190. The first-order valence-electron chi connectivity index (χ1n) is 9.21. The first-order chi connectivity index (χ1) is 14.4. The minimum atomic E-state index is -0.124. The maximum absolute atomic E-state index is 12.8. The van der Waals surface area contributed by atoms with E-state index in [1.165, 1.54) is 0 Å². The van der Waals surface area contributed by atoms with Gasteiger partial charge in [0.25, 0.3) is 5.91 Å². The van der Waals surface area contributed by atoms with E-state index in [1.807, 2.05) is 18.2 Å². The number of carbonyl (C=O) groups is 1. The zero-order valence-electron chi connectivity index (χ0n) is 15.7. The van der Waals surface area contributed by atoms with Gasteiger partial charge in [-0.15, -0.1) is 10.2 Å². The number of nitrogens with zero attached hydrogens (tertiary/aromatic N) is 4. The average Bonchev–Trinajstić information content (AvgIpc) is 2.75. The van der Waals surface area contributed by atoms with Crippen molar-refractivity contribution in [2.45, 2.75) is 0 Å². The van der Waals surface area contributed by atoms with Gasteiger partial charge >= 0.3 is 0 Å². The molecule has 154 valence electrons. The second-order valence-electron chi connectivity index (χ2n) is 6.80. The van der Waals surface area contributed by atoms with Crippen LogP contribution < -0.4 is 4.90 Å². The van der Waals surface area contributed by atoms with Crippen LogP contribution in [0.2, 0.25) is 20.1 Å². The lowest BCUT2D eigenvalue weighted by Gasteiger charge is -2.35. The smallest absolute Gasteiger partial charge is 0.255 e. The molecule has 9 heteroatoms. The van der Waals surface area contributed by atoms with Crippen molar-refractivity contribution in [1.29, 1.82) is 0 Å². The summed E-state index contributed by atoms with van der Waals surface area (Å²) >= 11 is 24.4. The molecular formula is C21H16Cl4N4O. The maximum Gasteiger partial charge on any atom is 0.255 e. The summed E-state index contributed by atoms with van der Waals surface area (Å²) in [4.78, 5) is 16.6. The van der Waals surface area contributed by atoms with Crippen molar-refractivity contribution < 1.29 is 4.79 Å². The number of piperazine rings is 1. The van der Waals surface area contributed by atoms with Gasteiger partial charge in [0.2, 0.25) is 0 Å². The fourth-order valence-electron chi connectivity index (χ4n) is 3.31. The van der Waals surface area contributed by atoms with E-state index in [4.69, 9.17) is 46.4 Å². The molecule has 0 atom stereocenters. The number of amides is 1. The highest BCUT2D eigenvalue weighted by Crippen LogP contribution is 2.29. The van der Waals surface area contributed by atoms with Crippen LogP contribution in [-0.2, 0) is 0 Å². The molecule has 1 saturated heterocycles. The molecule has 0 radical (unpaired) electrons. The van der Waals surface area contributed by atoms with Crippen molar-refractivity contribution in [2.75, 3.05) is 31.1 Å². The number of anilines is 1. The predicted molar refractivity (Wildman–Crippen MR) is 122 cm³/mol. The van der Waals surface area contributed by atoms with Crippen LogP contribution in [-0.4, -0.2) is 47.2 Å². The molecule has 1 fully saturated rings. The van der Waals surface area contributed by atoms with Crippen molar-refractivity contribution in [3.05, 3.63) is 74.2 Å². The van der Waals surface area contributed by atoms with Gasteiger partial charge in [0, 0.05) is 41.8 Å². The van der Waals surface area contributed by atoms with Crippen LogP contribution in [0.5, 0.6) is 0 Å². The molecule has 5 nitrogen and oxygen atoms in total. The monoisotopic (exact) mass is 480 g/mol. The largest absolute Gasteiger partial charge is 0.352 e. The molecule has 0 bridgehead atoms. The zero-order chi connectivity index (χ0) is 21.3. The highest BCUT2D eigenvalue weighted by Gasteiger charge is 2.24. The zero-order valence-corrected chi connectivity index (χ0v) is 18.7. The Bertz CT molecular complexity index is 1080. The summed E-state index contributed by atoms with van der Waals surface area (Å²) in [6.45, 7) is 2.38. The molecule has 0 saturated carbocycles. The Morgan fingerprint density at radius 1 is 0.767 bits per heavy atom. The Hall–Kier alpha value is -2.05. The Balaban J connectivity index is 1.43. The normalized spacial score (nSPS) is 14.1. The first-order valence-corrected chi connectivity index (χ1v) is 10.7. The number of hydrogen-bond donors (Lipinski definition) is 0. The minimum Gasteiger partial charge on any atom is -0.352 e. The standard InChI is InChI=1S/C21H16Cl4N4O/c22-13-2-4-17(24)16(11-13)21(30)29-9-7-28(8-10-29)20-6-5-19(26-27-20)15-3-1-14(23)12-18(15)25/h1-6,11-12H,7-10H2. The number of halogens is 4. The summed E-state index contributed by atoms with van der Waals surface area (Å²) in [6.07, 6.45) is 0. The van der Waals surface area contributed by atoms with E-state index in [-0.39, 0.29) is 5.91 Å². The van der Waals surface area contributed by atoms with Gasteiger partial charge in [0.05, 0.1) is 21.3 Å². The van der Waals surface area contributed by atoms with Crippen LogP contribution in [0.3, 0.4) is 0 Å². The van der Waals surface area contributed by atoms with Gasteiger partial charge < -0.3 is 9.80 Å². The molecule has 0 aliphatic carbocycles. The third kappa shape index (κ3) is 4.49. The molecule has 30 heavy (non-hydrogen) atoms. The fourth-order valence-corrected chi connectivity index (χ4v) is 4.18. The van der Waals surface area contributed by atoms with Crippen molar-refractivity contribution in [3.63, 3.8) is 0 Å². The minimum absolute atomic E-state index is 0.124. The molecule has 1 amide bonds. The highest BCUT2D eigenvalue weighted by atomic mass is 35.5. The maximum atomic E-state index is 12.8. The van der Waals surface area contributed by atoms with E-state index >= 15 is 0 Å². The van der Waals surface area contributed by atoms with Gasteiger partial charge in [0.15, 0.2) is 5.82 Å². The van der Waals surface area contributed by atoms with Crippen LogP contribution in [0.4, 0.5) is 5.82 Å². The van der Waals surface area contributed by atoms with Gasteiger partial charge in [-0.05, 0) is 48.5 Å². The van der Waals surface area contributed by atoms with Gasteiger partial charge in [-0.3, -0.25) is 4.79 Å². The topological polar surface area (TPSA) is 49.3 Å².